The van der Waals surface area contributed by atoms with Gasteiger partial charge in [-0.15, -0.1) is 0 Å². The number of carbonyl (C=O) groups is 1. The highest BCUT2D eigenvalue weighted by atomic mass is 16.5. The summed E-state index contributed by atoms with van der Waals surface area (Å²) in [4.78, 5) is 11.2. The van der Waals surface area contributed by atoms with Crippen LogP contribution in [0, 0.1) is 6.92 Å². The number of hydrogen-bond acceptors (Lipinski definition) is 4. The molecule has 0 bridgehead atoms. The maximum absolute atomic E-state index is 11.2. The zero-order valence-corrected chi connectivity index (χ0v) is 20.1. The molecule has 4 rings (SSSR count). The van der Waals surface area contributed by atoms with Crippen molar-refractivity contribution < 1.29 is 19.4 Å². The predicted octanol–water partition coefficient (Wildman–Crippen LogP) is 6.18. The first-order valence-corrected chi connectivity index (χ1v) is 11.8. The third-order valence-electron chi connectivity index (χ3n) is 6.05. The van der Waals surface area contributed by atoms with Crippen LogP contribution in [0.1, 0.15) is 55.7 Å². The third kappa shape index (κ3) is 5.68. The zero-order chi connectivity index (χ0) is 24.1. The van der Waals surface area contributed by atoms with E-state index in [-0.39, 0.29) is 12.3 Å². The normalized spacial score (nSPS) is 16.0. The van der Waals surface area contributed by atoms with Crippen LogP contribution in [0.2, 0.25) is 0 Å². The summed E-state index contributed by atoms with van der Waals surface area (Å²) in [6.45, 7) is 8.03. The molecule has 0 spiro atoms. The van der Waals surface area contributed by atoms with Crippen LogP contribution in [-0.4, -0.2) is 27.5 Å². The number of nitrogens with zero attached hydrogens (tertiary/aromatic N) is 2. The van der Waals surface area contributed by atoms with Gasteiger partial charge >= 0.3 is 5.97 Å². The van der Waals surface area contributed by atoms with Gasteiger partial charge in [-0.3, -0.25) is 9.48 Å². The average molecular weight is 461 g/mol. The number of allylic oxidation sites excluding steroid dienone is 4. The number of carboxylic acids is 1. The largest absolute Gasteiger partial charge is 0.493 e. The Morgan fingerprint density at radius 2 is 2.18 bits per heavy atom. The van der Waals surface area contributed by atoms with Gasteiger partial charge < -0.3 is 14.6 Å². The van der Waals surface area contributed by atoms with Gasteiger partial charge in [-0.05, 0) is 55.5 Å². The number of aromatic nitrogens is 2. The molecular weight excluding hydrogens is 428 g/mol. The number of ether oxygens (including phenoxy) is 2. The Kier molecular flexibility index (Phi) is 7.36. The Morgan fingerprint density at radius 1 is 1.32 bits per heavy atom. The lowest BCUT2D eigenvalue weighted by atomic mass is 9.90. The van der Waals surface area contributed by atoms with Gasteiger partial charge in [-0.1, -0.05) is 42.9 Å². The molecule has 1 atom stereocenters. The Labute approximate surface area is 200 Å². The summed E-state index contributed by atoms with van der Waals surface area (Å²) in [6.07, 6.45) is 10.3. The molecule has 0 radical (unpaired) electrons. The molecule has 0 fully saturated rings. The second-order valence-electron chi connectivity index (χ2n) is 8.95. The summed E-state index contributed by atoms with van der Waals surface area (Å²) in [5.41, 5.74) is 5.39. The fourth-order valence-corrected chi connectivity index (χ4v) is 4.40. The number of carboxylic acid groups (broad SMARTS) is 1. The van der Waals surface area contributed by atoms with Gasteiger partial charge in [-0.25, -0.2) is 0 Å². The molecule has 1 N–H and O–H groups in total. The minimum atomic E-state index is -0.785. The molecule has 0 amide bonds. The second kappa shape index (κ2) is 10.6. The maximum atomic E-state index is 11.2. The second-order valence-corrected chi connectivity index (χ2v) is 8.95. The number of aliphatic carboxylic acids is 1. The molecular formula is C28H32N2O4. The molecule has 1 aromatic heterocycles. The average Bonchev–Trinajstić information content (AvgIpc) is 3.20. The van der Waals surface area contributed by atoms with Gasteiger partial charge in [0.15, 0.2) is 0 Å². The number of fused-ring (bicyclic) bond motifs is 2. The van der Waals surface area contributed by atoms with Crippen LogP contribution in [0.5, 0.6) is 11.5 Å². The quantitative estimate of drug-likeness (QED) is 0.386. The van der Waals surface area contributed by atoms with Crippen molar-refractivity contribution in [1.82, 2.24) is 9.78 Å². The highest BCUT2D eigenvalue weighted by Crippen LogP contribution is 2.38. The summed E-state index contributed by atoms with van der Waals surface area (Å²) in [6, 6.07) is 9.94. The smallest absolute Gasteiger partial charge is 0.303 e. The van der Waals surface area contributed by atoms with E-state index in [0.717, 1.165) is 52.7 Å². The molecule has 0 saturated carbocycles. The molecule has 1 unspecified atom stereocenters. The van der Waals surface area contributed by atoms with Crippen molar-refractivity contribution in [3.8, 4) is 11.5 Å². The van der Waals surface area contributed by atoms with Crippen LogP contribution in [-0.2, 0) is 17.9 Å². The van der Waals surface area contributed by atoms with E-state index in [1.807, 2.05) is 22.9 Å². The minimum absolute atomic E-state index is 0.0157. The van der Waals surface area contributed by atoms with Crippen LogP contribution >= 0.6 is 0 Å². The van der Waals surface area contributed by atoms with Gasteiger partial charge in [-0.2, -0.15) is 5.10 Å². The van der Waals surface area contributed by atoms with E-state index >= 15 is 0 Å². The van der Waals surface area contributed by atoms with E-state index in [9.17, 15) is 4.79 Å². The number of aryl methyl sites for hydroxylation is 1. The van der Waals surface area contributed by atoms with E-state index in [1.165, 1.54) is 5.57 Å². The van der Waals surface area contributed by atoms with Gasteiger partial charge in [0.2, 0.25) is 0 Å². The summed E-state index contributed by atoms with van der Waals surface area (Å²) >= 11 is 0. The van der Waals surface area contributed by atoms with E-state index in [1.54, 1.807) is 0 Å². The maximum Gasteiger partial charge on any atom is 0.303 e. The van der Waals surface area contributed by atoms with Crippen molar-refractivity contribution >= 4 is 16.9 Å². The van der Waals surface area contributed by atoms with Gasteiger partial charge in [0.25, 0.3) is 0 Å². The lowest BCUT2D eigenvalue weighted by molar-refractivity contribution is -0.137. The van der Waals surface area contributed by atoms with Crippen LogP contribution in [0.15, 0.2) is 60.3 Å². The lowest BCUT2D eigenvalue weighted by Crippen LogP contribution is -2.17. The van der Waals surface area contributed by atoms with E-state index in [4.69, 9.17) is 19.7 Å². The van der Waals surface area contributed by atoms with Crippen molar-refractivity contribution in [3.05, 3.63) is 77.0 Å². The van der Waals surface area contributed by atoms with Crippen molar-refractivity contribution in [1.29, 1.82) is 0 Å². The van der Waals surface area contributed by atoms with E-state index in [2.05, 4.69) is 57.3 Å². The fourth-order valence-electron chi connectivity index (χ4n) is 4.40. The van der Waals surface area contributed by atoms with Crippen LogP contribution in [0.25, 0.3) is 10.9 Å². The highest BCUT2D eigenvalue weighted by Gasteiger charge is 2.24. The predicted molar refractivity (Wildman–Crippen MR) is 134 cm³/mol. The summed E-state index contributed by atoms with van der Waals surface area (Å²) in [7, 11) is 0. The standard InChI is InChI=1S/C28H32N2O4/c1-4-5-6-7-19(2)16-30-17-23-13-21(12-20(3)28(23)29-30)18-34-24-8-9-25-22(14-27(31)32)10-11-33-26(25)15-24/h5-9,12-13,15,17,22H,4,10-11,14,16,18H2,1-3H3,(H,31,32)/b6-5-,19-7+. The van der Waals surface area contributed by atoms with E-state index in [0.29, 0.717) is 19.0 Å². The summed E-state index contributed by atoms with van der Waals surface area (Å²) in [5, 5.41) is 15.0. The molecule has 6 heteroatoms. The number of benzene rings is 2. The number of rotatable bonds is 9. The third-order valence-corrected chi connectivity index (χ3v) is 6.05. The summed E-state index contributed by atoms with van der Waals surface area (Å²) < 4.78 is 13.8. The van der Waals surface area contributed by atoms with Gasteiger partial charge in [0, 0.05) is 23.6 Å². The van der Waals surface area contributed by atoms with E-state index < -0.39 is 5.97 Å². The minimum Gasteiger partial charge on any atom is -0.493 e. The molecule has 1 aliphatic heterocycles. The molecule has 34 heavy (non-hydrogen) atoms. The number of hydrogen-bond donors (Lipinski definition) is 1. The lowest BCUT2D eigenvalue weighted by Gasteiger charge is -2.25. The first-order valence-electron chi connectivity index (χ1n) is 11.8. The van der Waals surface area contributed by atoms with Crippen LogP contribution < -0.4 is 9.47 Å². The Bertz CT molecular complexity index is 1240. The first-order chi connectivity index (χ1) is 16.4. The molecule has 2 aromatic carbocycles. The summed E-state index contributed by atoms with van der Waals surface area (Å²) in [5.74, 6) is 0.633. The molecule has 3 aromatic rings. The van der Waals surface area contributed by atoms with Crippen LogP contribution in [0.3, 0.4) is 0 Å². The van der Waals surface area contributed by atoms with Gasteiger partial charge in [0.1, 0.15) is 18.1 Å². The Balaban J connectivity index is 1.46. The Hall–Kier alpha value is -3.54. The van der Waals surface area contributed by atoms with Crippen molar-refractivity contribution in [3.63, 3.8) is 0 Å². The molecule has 0 saturated heterocycles. The monoisotopic (exact) mass is 460 g/mol. The van der Waals surface area contributed by atoms with Crippen molar-refractivity contribution in [2.45, 2.75) is 59.1 Å². The topological polar surface area (TPSA) is 73.6 Å². The fraction of sp³-hybridized carbons (Fsp3) is 0.357. The van der Waals surface area contributed by atoms with Crippen molar-refractivity contribution in [2.75, 3.05) is 6.61 Å². The highest BCUT2D eigenvalue weighted by molar-refractivity contribution is 5.82. The zero-order valence-electron chi connectivity index (χ0n) is 20.1. The molecule has 0 aliphatic carbocycles. The molecule has 2 heterocycles. The molecule has 178 valence electrons. The SMILES string of the molecule is CC/C=C\C=C(/C)Cn1cc2cc(COc3ccc4c(c3)OCCC4CC(=O)O)cc(C)c2n1. The van der Waals surface area contributed by atoms with Crippen molar-refractivity contribution in [2.24, 2.45) is 0 Å². The van der Waals surface area contributed by atoms with Crippen LogP contribution in [0.4, 0.5) is 0 Å². The molecule has 6 nitrogen and oxygen atoms in total. The first kappa shape index (κ1) is 23.6. The Morgan fingerprint density at radius 3 is 2.97 bits per heavy atom. The van der Waals surface area contributed by atoms with Gasteiger partial charge in [0.05, 0.1) is 25.1 Å². The molecule has 1 aliphatic rings.